The van der Waals surface area contributed by atoms with Gasteiger partial charge in [-0.15, -0.1) is 0 Å². The van der Waals surface area contributed by atoms with Crippen molar-refractivity contribution in [3.05, 3.63) is 34.2 Å². The Bertz CT molecular complexity index is 682. The number of carbonyl (C=O) groups is 1. The van der Waals surface area contributed by atoms with Crippen LogP contribution in [-0.4, -0.2) is 28.5 Å². The molecule has 1 saturated heterocycles. The quantitative estimate of drug-likeness (QED) is 0.667. The molecule has 1 amide bonds. The normalized spacial score (nSPS) is 20.1. The molecule has 1 aliphatic heterocycles. The summed E-state index contributed by atoms with van der Waals surface area (Å²) in [5.41, 5.74) is 2.28. The molecule has 1 fully saturated rings. The first-order chi connectivity index (χ1) is 9.63. The van der Waals surface area contributed by atoms with Crippen LogP contribution in [0.25, 0.3) is 11.0 Å². The van der Waals surface area contributed by atoms with E-state index in [2.05, 4.69) is 20.6 Å². The van der Waals surface area contributed by atoms with Crippen LogP contribution in [0.3, 0.4) is 0 Å². The molecule has 6 heteroatoms. The summed E-state index contributed by atoms with van der Waals surface area (Å²) < 4.78 is 0. The van der Waals surface area contributed by atoms with Crippen molar-refractivity contribution in [1.82, 2.24) is 20.6 Å². The number of rotatable bonds is 3. The summed E-state index contributed by atoms with van der Waals surface area (Å²) in [6, 6.07) is 5.49. The second-order valence-corrected chi connectivity index (χ2v) is 5.26. The number of nitrogens with one attached hydrogen (secondary N) is 4. The molecule has 0 bridgehead atoms. The number of fused-ring (bicyclic) bond motifs is 1. The molecule has 20 heavy (non-hydrogen) atoms. The summed E-state index contributed by atoms with van der Waals surface area (Å²) in [6.45, 7) is 2.85. The number of amides is 1. The lowest BCUT2D eigenvalue weighted by Gasteiger charge is -2.17. The van der Waals surface area contributed by atoms with Crippen molar-refractivity contribution < 1.29 is 4.79 Å². The second kappa shape index (κ2) is 5.13. The molecule has 4 N–H and O–H groups in total. The average Bonchev–Trinajstić information content (AvgIpc) is 3.05. The van der Waals surface area contributed by atoms with Gasteiger partial charge in [0.25, 0.3) is 0 Å². The molecule has 106 valence electrons. The Labute approximate surface area is 116 Å². The summed E-state index contributed by atoms with van der Waals surface area (Å²) in [6.07, 6.45) is 1.94. The Morgan fingerprint density at radius 3 is 2.90 bits per heavy atom. The highest BCUT2D eigenvalue weighted by atomic mass is 16.2. The van der Waals surface area contributed by atoms with Crippen LogP contribution in [0.2, 0.25) is 0 Å². The Kier molecular flexibility index (Phi) is 3.31. The predicted molar refractivity (Wildman–Crippen MR) is 76.5 cm³/mol. The van der Waals surface area contributed by atoms with Gasteiger partial charge in [0.2, 0.25) is 5.91 Å². The zero-order valence-electron chi connectivity index (χ0n) is 11.3. The highest BCUT2D eigenvalue weighted by Gasteiger charge is 2.23. The highest BCUT2D eigenvalue weighted by Crippen LogP contribution is 2.17. The molecule has 6 nitrogen and oxygen atoms in total. The standard InChI is InChI=1S/C14H18N4O2/c1-8(16-13(19)11-3-2-6-15-11)9-4-5-10-12(7-9)18-14(20)17-10/h4-5,7-8,11,15H,2-3,6H2,1H3,(H,16,19)(H2,17,18,20). The van der Waals surface area contributed by atoms with Crippen molar-refractivity contribution in [3.63, 3.8) is 0 Å². The lowest BCUT2D eigenvalue weighted by molar-refractivity contribution is -0.123. The van der Waals surface area contributed by atoms with E-state index in [0.717, 1.165) is 36.0 Å². The van der Waals surface area contributed by atoms with Gasteiger partial charge < -0.3 is 20.6 Å². The molecule has 0 aliphatic carbocycles. The fourth-order valence-electron chi connectivity index (χ4n) is 2.63. The van der Waals surface area contributed by atoms with E-state index in [1.807, 2.05) is 25.1 Å². The zero-order valence-corrected chi connectivity index (χ0v) is 11.3. The third kappa shape index (κ3) is 2.46. The van der Waals surface area contributed by atoms with E-state index in [4.69, 9.17) is 0 Å². The summed E-state index contributed by atoms with van der Waals surface area (Å²) in [5.74, 6) is 0.0395. The van der Waals surface area contributed by atoms with Crippen molar-refractivity contribution in [1.29, 1.82) is 0 Å². The van der Waals surface area contributed by atoms with E-state index in [9.17, 15) is 9.59 Å². The SMILES string of the molecule is CC(NC(=O)C1CCCN1)c1ccc2[nH]c(=O)[nH]c2c1. The molecular weight excluding hydrogens is 256 g/mol. The third-order valence-corrected chi connectivity index (χ3v) is 3.78. The fourth-order valence-corrected chi connectivity index (χ4v) is 2.63. The van der Waals surface area contributed by atoms with Crippen molar-refractivity contribution in [3.8, 4) is 0 Å². The van der Waals surface area contributed by atoms with Crippen molar-refractivity contribution in [2.24, 2.45) is 0 Å². The number of hydrogen-bond acceptors (Lipinski definition) is 3. The topological polar surface area (TPSA) is 89.8 Å². The van der Waals surface area contributed by atoms with Crippen LogP contribution >= 0.6 is 0 Å². The predicted octanol–water partition coefficient (Wildman–Crippen LogP) is 0.785. The molecule has 0 radical (unpaired) electrons. The van der Waals surface area contributed by atoms with E-state index in [0.29, 0.717) is 0 Å². The number of imidazole rings is 1. The van der Waals surface area contributed by atoms with Crippen LogP contribution in [0.1, 0.15) is 31.4 Å². The maximum Gasteiger partial charge on any atom is 0.323 e. The van der Waals surface area contributed by atoms with Crippen LogP contribution in [0.15, 0.2) is 23.0 Å². The van der Waals surface area contributed by atoms with Crippen molar-refractivity contribution >= 4 is 16.9 Å². The molecule has 1 aliphatic rings. The maximum absolute atomic E-state index is 12.1. The van der Waals surface area contributed by atoms with Crippen molar-refractivity contribution in [2.45, 2.75) is 31.8 Å². The molecule has 3 rings (SSSR count). The number of aromatic amines is 2. The first kappa shape index (κ1) is 12.9. The first-order valence-corrected chi connectivity index (χ1v) is 6.89. The highest BCUT2D eigenvalue weighted by molar-refractivity contribution is 5.82. The molecule has 1 aromatic heterocycles. The second-order valence-electron chi connectivity index (χ2n) is 5.26. The van der Waals surface area contributed by atoms with Gasteiger partial charge in [-0.1, -0.05) is 6.07 Å². The van der Waals surface area contributed by atoms with E-state index in [-0.39, 0.29) is 23.7 Å². The lowest BCUT2D eigenvalue weighted by atomic mass is 10.1. The smallest absolute Gasteiger partial charge is 0.323 e. The first-order valence-electron chi connectivity index (χ1n) is 6.89. The van der Waals surface area contributed by atoms with E-state index in [1.165, 1.54) is 0 Å². The van der Waals surface area contributed by atoms with Crippen LogP contribution in [0.5, 0.6) is 0 Å². The summed E-state index contributed by atoms with van der Waals surface area (Å²) in [7, 11) is 0. The lowest BCUT2D eigenvalue weighted by Crippen LogP contribution is -2.41. The number of aromatic nitrogens is 2. The third-order valence-electron chi connectivity index (χ3n) is 3.78. The van der Waals surface area contributed by atoms with Crippen LogP contribution in [-0.2, 0) is 4.79 Å². The Hall–Kier alpha value is -2.08. The Morgan fingerprint density at radius 2 is 2.15 bits per heavy atom. The number of carbonyl (C=O) groups excluding carboxylic acids is 1. The minimum atomic E-state index is -0.219. The van der Waals surface area contributed by atoms with Crippen LogP contribution in [0, 0.1) is 0 Å². The Balaban J connectivity index is 1.75. The molecular formula is C14H18N4O2. The van der Waals surface area contributed by atoms with E-state index in [1.54, 1.807) is 0 Å². The molecule has 0 saturated carbocycles. The largest absolute Gasteiger partial charge is 0.348 e. The van der Waals surface area contributed by atoms with Gasteiger partial charge >= 0.3 is 5.69 Å². The van der Waals surface area contributed by atoms with Gasteiger partial charge in [0.1, 0.15) is 0 Å². The van der Waals surface area contributed by atoms with Crippen LogP contribution < -0.4 is 16.3 Å². The van der Waals surface area contributed by atoms with Gasteiger partial charge in [-0.2, -0.15) is 0 Å². The van der Waals surface area contributed by atoms with E-state index >= 15 is 0 Å². The van der Waals surface area contributed by atoms with Gasteiger partial charge in [-0.3, -0.25) is 4.79 Å². The van der Waals surface area contributed by atoms with Gasteiger partial charge in [-0.25, -0.2) is 4.79 Å². The van der Waals surface area contributed by atoms with Gasteiger partial charge in [0, 0.05) is 0 Å². The number of hydrogen-bond donors (Lipinski definition) is 4. The summed E-state index contributed by atoms with van der Waals surface area (Å²) >= 11 is 0. The molecule has 2 aromatic rings. The molecule has 0 spiro atoms. The summed E-state index contributed by atoms with van der Waals surface area (Å²) in [4.78, 5) is 28.7. The Morgan fingerprint density at radius 1 is 1.35 bits per heavy atom. The fraction of sp³-hybridized carbons (Fsp3) is 0.429. The molecule has 1 aromatic carbocycles. The monoisotopic (exact) mass is 274 g/mol. The minimum absolute atomic E-state index is 0.0395. The van der Waals surface area contributed by atoms with Gasteiger partial charge in [0.15, 0.2) is 0 Å². The number of benzene rings is 1. The summed E-state index contributed by atoms with van der Waals surface area (Å²) in [5, 5.41) is 6.19. The maximum atomic E-state index is 12.1. The molecule has 2 unspecified atom stereocenters. The molecule has 2 heterocycles. The number of H-pyrrole nitrogens is 2. The van der Waals surface area contributed by atoms with Gasteiger partial charge in [-0.05, 0) is 44.0 Å². The van der Waals surface area contributed by atoms with Crippen LogP contribution in [0.4, 0.5) is 0 Å². The zero-order chi connectivity index (χ0) is 14.1. The van der Waals surface area contributed by atoms with E-state index < -0.39 is 0 Å². The molecule has 2 atom stereocenters. The minimum Gasteiger partial charge on any atom is -0.348 e. The average molecular weight is 274 g/mol. The van der Waals surface area contributed by atoms with Crippen molar-refractivity contribution in [2.75, 3.05) is 6.54 Å². The van der Waals surface area contributed by atoms with Gasteiger partial charge in [0.05, 0.1) is 23.1 Å².